The van der Waals surface area contributed by atoms with E-state index in [1.54, 1.807) is 0 Å². The van der Waals surface area contributed by atoms with Crippen molar-refractivity contribution in [2.75, 3.05) is 20.2 Å². The van der Waals surface area contributed by atoms with Crippen LogP contribution in [0.3, 0.4) is 0 Å². The van der Waals surface area contributed by atoms with Gasteiger partial charge in [0.05, 0.1) is 7.11 Å². The van der Waals surface area contributed by atoms with Crippen molar-refractivity contribution in [1.29, 1.82) is 0 Å². The fourth-order valence-electron chi connectivity index (χ4n) is 2.39. The molecule has 94 valence electrons. The first-order chi connectivity index (χ1) is 7.69. The van der Waals surface area contributed by atoms with Crippen molar-refractivity contribution in [2.24, 2.45) is 5.73 Å². The van der Waals surface area contributed by atoms with E-state index in [0.717, 1.165) is 13.1 Å². The number of likely N-dealkylation sites (tertiary alicyclic amines) is 1. The average Bonchev–Trinajstić information content (AvgIpc) is 2.35. The van der Waals surface area contributed by atoms with Gasteiger partial charge in [0.15, 0.2) is 0 Å². The molecule has 1 aliphatic heterocycles. The minimum atomic E-state index is -0.468. The highest BCUT2D eigenvalue weighted by atomic mass is 16.5. The van der Waals surface area contributed by atoms with Crippen LogP contribution in [-0.2, 0) is 9.53 Å². The van der Waals surface area contributed by atoms with Crippen molar-refractivity contribution in [3.8, 4) is 0 Å². The molecule has 1 rings (SSSR count). The molecule has 2 atom stereocenters. The van der Waals surface area contributed by atoms with E-state index in [1.807, 2.05) is 0 Å². The Labute approximate surface area is 98.1 Å². The highest BCUT2D eigenvalue weighted by Gasteiger charge is 2.22. The van der Waals surface area contributed by atoms with Crippen LogP contribution in [0, 0.1) is 0 Å². The molecule has 0 aromatic carbocycles. The summed E-state index contributed by atoms with van der Waals surface area (Å²) in [7, 11) is 1.39. The molecule has 0 radical (unpaired) electrons. The Bertz CT molecular complexity index is 221. The summed E-state index contributed by atoms with van der Waals surface area (Å²) >= 11 is 0. The van der Waals surface area contributed by atoms with E-state index in [4.69, 9.17) is 5.73 Å². The molecular weight excluding hydrogens is 204 g/mol. The third-order valence-corrected chi connectivity index (χ3v) is 3.45. The predicted molar refractivity (Wildman–Crippen MR) is 64.1 cm³/mol. The molecule has 0 aromatic heterocycles. The molecule has 1 aliphatic rings. The SMILES string of the molecule is CCC1CCCCN1CCC(N)C(=O)OC. The highest BCUT2D eigenvalue weighted by molar-refractivity contribution is 5.75. The molecule has 4 nitrogen and oxygen atoms in total. The molecule has 0 amide bonds. The molecule has 0 saturated carbocycles. The van der Waals surface area contributed by atoms with Crippen molar-refractivity contribution in [3.63, 3.8) is 0 Å². The molecule has 2 unspecified atom stereocenters. The average molecular weight is 228 g/mol. The van der Waals surface area contributed by atoms with Gasteiger partial charge in [0, 0.05) is 12.6 Å². The Morgan fingerprint density at radius 2 is 2.31 bits per heavy atom. The lowest BCUT2D eigenvalue weighted by molar-refractivity contribution is -0.142. The number of methoxy groups -OCH3 is 1. The summed E-state index contributed by atoms with van der Waals surface area (Å²) < 4.78 is 4.62. The number of hydrogen-bond donors (Lipinski definition) is 1. The Hall–Kier alpha value is -0.610. The van der Waals surface area contributed by atoms with Gasteiger partial charge in [-0.3, -0.25) is 4.79 Å². The Morgan fingerprint density at radius 3 is 2.94 bits per heavy atom. The van der Waals surface area contributed by atoms with Crippen LogP contribution in [0.2, 0.25) is 0 Å². The summed E-state index contributed by atoms with van der Waals surface area (Å²) in [4.78, 5) is 13.6. The van der Waals surface area contributed by atoms with Crippen LogP contribution in [0.15, 0.2) is 0 Å². The maximum absolute atomic E-state index is 11.2. The first kappa shape index (κ1) is 13.5. The van der Waals surface area contributed by atoms with E-state index in [0.29, 0.717) is 12.5 Å². The van der Waals surface area contributed by atoms with Crippen LogP contribution in [0.25, 0.3) is 0 Å². The van der Waals surface area contributed by atoms with Crippen molar-refractivity contribution >= 4 is 5.97 Å². The summed E-state index contributed by atoms with van der Waals surface area (Å²) in [6, 6.07) is 0.211. The van der Waals surface area contributed by atoms with E-state index in [1.165, 1.54) is 32.8 Å². The number of piperidine rings is 1. The smallest absolute Gasteiger partial charge is 0.322 e. The van der Waals surface area contributed by atoms with Gasteiger partial charge >= 0.3 is 5.97 Å². The van der Waals surface area contributed by atoms with Gasteiger partial charge in [0.2, 0.25) is 0 Å². The topological polar surface area (TPSA) is 55.6 Å². The van der Waals surface area contributed by atoms with Crippen molar-refractivity contribution < 1.29 is 9.53 Å². The second-order valence-electron chi connectivity index (χ2n) is 4.51. The summed E-state index contributed by atoms with van der Waals surface area (Å²) in [5.74, 6) is -0.301. The number of esters is 1. The monoisotopic (exact) mass is 228 g/mol. The van der Waals surface area contributed by atoms with Crippen LogP contribution >= 0.6 is 0 Å². The standard InChI is InChI=1S/C12H24N2O2/c1-3-10-6-4-5-8-14(10)9-7-11(13)12(15)16-2/h10-11H,3-9,13H2,1-2H3. The molecular formula is C12H24N2O2. The molecule has 0 aliphatic carbocycles. The second kappa shape index (κ2) is 6.86. The highest BCUT2D eigenvalue weighted by Crippen LogP contribution is 2.19. The molecule has 0 bridgehead atoms. The number of carbonyl (C=O) groups is 1. The molecule has 1 fully saturated rings. The van der Waals surface area contributed by atoms with Crippen LogP contribution in [0.1, 0.15) is 39.0 Å². The summed E-state index contributed by atoms with van der Waals surface area (Å²) in [5, 5.41) is 0. The molecule has 1 saturated heterocycles. The zero-order valence-corrected chi connectivity index (χ0v) is 10.4. The molecule has 4 heteroatoms. The number of ether oxygens (including phenoxy) is 1. The van der Waals surface area contributed by atoms with Gasteiger partial charge in [-0.1, -0.05) is 13.3 Å². The van der Waals surface area contributed by atoms with E-state index < -0.39 is 6.04 Å². The van der Waals surface area contributed by atoms with E-state index in [2.05, 4.69) is 16.6 Å². The number of nitrogens with zero attached hydrogens (tertiary/aromatic N) is 1. The molecule has 0 spiro atoms. The second-order valence-corrected chi connectivity index (χ2v) is 4.51. The number of nitrogens with two attached hydrogens (primary N) is 1. The maximum atomic E-state index is 11.2. The quantitative estimate of drug-likeness (QED) is 0.717. The van der Waals surface area contributed by atoms with Gasteiger partial charge in [-0.2, -0.15) is 0 Å². The van der Waals surface area contributed by atoms with E-state index >= 15 is 0 Å². The fourth-order valence-corrected chi connectivity index (χ4v) is 2.39. The zero-order chi connectivity index (χ0) is 12.0. The Balaban J connectivity index is 2.32. The minimum absolute atomic E-state index is 0.301. The summed E-state index contributed by atoms with van der Waals surface area (Å²) in [6.07, 6.45) is 5.77. The lowest BCUT2D eigenvalue weighted by Gasteiger charge is -2.35. The van der Waals surface area contributed by atoms with Crippen LogP contribution in [-0.4, -0.2) is 43.2 Å². The number of hydrogen-bond acceptors (Lipinski definition) is 4. The van der Waals surface area contributed by atoms with Gasteiger partial charge in [-0.15, -0.1) is 0 Å². The third-order valence-electron chi connectivity index (χ3n) is 3.45. The Kier molecular flexibility index (Phi) is 5.77. The Morgan fingerprint density at radius 1 is 1.56 bits per heavy atom. The summed E-state index contributed by atoms with van der Waals surface area (Å²) in [5.41, 5.74) is 5.73. The predicted octanol–water partition coefficient (Wildman–Crippen LogP) is 1.14. The van der Waals surface area contributed by atoms with Gasteiger partial charge in [0.1, 0.15) is 6.04 Å². The third kappa shape index (κ3) is 3.76. The molecule has 1 heterocycles. The van der Waals surface area contributed by atoms with Gasteiger partial charge < -0.3 is 15.4 Å². The van der Waals surface area contributed by atoms with Gasteiger partial charge in [-0.05, 0) is 32.2 Å². The first-order valence-corrected chi connectivity index (χ1v) is 6.26. The van der Waals surface area contributed by atoms with Crippen molar-refractivity contribution in [3.05, 3.63) is 0 Å². The van der Waals surface area contributed by atoms with Gasteiger partial charge in [-0.25, -0.2) is 0 Å². The van der Waals surface area contributed by atoms with Crippen molar-refractivity contribution in [1.82, 2.24) is 4.90 Å². The normalized spacial score (nSPS) is 24.1. The fraction of sp³-hybridized carbons (Fsp3) is 0.917. The largest absolute Gasteiger partial charge is 0.468 e. The van der Waals surface area contributed by atoms with Crippen LogP contribution in [0.5, 0.6) is 0 Å². The van der Waals surface area contributed by atoms with Crippen LogP contribution < -0.4 is 5.73 Å². The maximum Gasteiger partial charge on any atom is 0.322 e. The summed E-state index contributed by atoms with van der Waals surface area (Å²) in [6.45, 7) is 4.28. The number of carbonyl (C=O) groups excluding carboxylic acids is 1. The first-order valence-electron chi connectivity index (χ1n) is 6.26. The lowest BCUT2D eigenvalue weighted by Crippen LogP contribution is -2.43. The number of rotatable bonds is 5. The van der Waals surface area contributed by atoms with E-state index in [9.17, 15) is 4.79 Å². The van der Waals surface area contributed by atoms with Crippen LogP contribution in [0.4, 0.5) is 0 Å². The van der Waals surface area contributed by atoms with Gasteiger partial charge in [0.25, 0.3) is 0 Å². The lowest BCUT2D eigenvalue weighted by atomic mass is 9.99. The minimum Gasteiger partial charge on any atom is -0.468 e. The van der Waals surface area contributed by atoms with E-state index in [-0.39, 0.29) is 5.97 Å². The molecule has 16 heavy (non-hydrogen) atoms. The zero-order valence-electron chi connectivity index (χ0n) is 10.4. The molecule has 0 aromatic rings. The molecule has 2 N–H and O–H groups in total. The van der Waals surface area contributed by atoms with Crippen molar-refractivity contribution in [2.45, 2.75) is 51.1 Å².